The third-order valence-electron chi connectivity index (χ3n) is 10.5. The molecule has 5 aromatic carbocycles. The summed E-state index contributed by atoms with van der Waals surface area (Å²) in [7, 11) is 0. The summed E-state index contributed by atoms with van der Waals surface area (Å²) in [4.78, 5) is 2.42. The van der Waals surface area contributed by atoms with Crippen LogP contribution in [0, 0.1) is 6.92 Å². The van der Waals surface area contributed by atoms with Gasteiger partial charge in [-0.1, -0.05) is 102 Å². The zero-order chi connectivity index (χ0) is 32.4. The molecule has 0 unspecified atom stereocenters. The molecule has 3 aliphatic rings. The molecular weight excluding hydrogens is 573 g/mol. The second-order valence-corrected chi connectivity index (χ2v) is 15.8. The van der Waals surface area contributed by atoms with Gasteiger partial charge in [0.2, 0.25) is 5.88 Å². The van der Waals surface area contributed by atoms with Crippen LogP contribution in [0.3, 0.4) is 0 Å². The summed E-state index contributed by atoms with van der Waals surface area (Å²) in [5.74, 6) is 2.78. The van der Waals surface area contributed by atoms with Gasteiger partial charge in [0.15, 0.2) is 0 Å². The molecule has 6 aromatic rings. The predicted molar refractivity (Wildman–Crippen MR) is 197 cm³/mol. The quantitative estimate of drug-likeness (QED) is 0.182. The Morgan fingerprint density at radius 3 is 2.17 bits per heavy atom. The number of furan rings is 1. The van der Waals surface area contributed by atoms with Crippen molar-refractivity contribution in [2.75, 3.05) is 4.90 Å². The van der Waals surface area contributed by atoms with Gasteiger partial charge in [-0.3, -0.25) is 4.90 Å². The van der Waals surface area contributed by atoms with Crippen LogP contribution in [0.15, 0.2) is 95.4 Å². The first-order valence-electron chi connectivity index (χ1n) is 17.0. The molecule has 0 saturated carbocycles. The number of nitrogens with zero attached hydrogens (tertiary/aromatic N) is 1. The molecule has 9 rings (SSSR count). The maximum atomic E-state index is 7.28. The Bertz CT molecular complexity index is 2260. The second kappa shape index (κ2) is 9.67. The molecule has 0 N–H and O–H groups in total. The smallest absolute Gasteiger partial charge is 0.261 e. The molecule has 1 aliphatic carbocycles. The average molecular weight is 614 g/mol. The molecule has 0 bridgehead atoms. The molecule has 4 heteroatoms. The number of hydrogen-bond acceptors (Lipinski definition) is 3. The molecule has 3 heterocycles. The minimum Gasteiger partial charge on any atom is -0.458 e. The van der Waals surface area contributed by atoms with Crippen molar-refractivity contribution in [1.82, 2.24) is 0 Å². The largest absolute Gasteiger partial charge is 0.458 e. The van der Waals surface area contributed by atoms with Crippen LogP contribution in [0.4, 0.5) is 17.3 Å². The van der Waals surface area contributed by atoms with Gasteiger partial charge in [0.05, 0.1) is 5.69 Å². The average Bonchev–Trinajstić information content (AvgIpc) is 3.40. The van der Waals surface area contributed by atoms with E-state index in [9.17, 15) is 0 Å². The predicted octanol–water partition coefficient (Wildman–Crippen LogP) is 9.51. The van der Waals surface area contributed by atoms with E-state index in [4.69, 9.17) is 9.15 Å². The number of benzene rings is 5. The standard InChI is InChI=1S/C43H40BNO2/c1-25-20-35-39-37(21-25)46-36-19-18-29(42(2,3)4)24-33(36)44(39)38-30-14-11-15-32(43(5,6)7)40(30)47-41(38)45(35)34-23-28-17-16-27(28)22-31(34)26-12-9-8-10-13-26/h8-15,18-24H,16-17H2,1-7H3. The van der Waals surface area contributed by atoms with E-state index >= 15 is 0 Å². The Morgan fingerprint density at radius 1 is 0.681 bits per heavy atom. The molecule has 1 aromatic heterocycles. The fourth-order valence-corrected chi connectivity index (χ4v) is 7.99. The number of hydrogen-bond donors (Lipinski definition) is 0. The highest BCUT2D eigenvalue weighted by Gasteiger charge is 2.46. The first kappa shape index (κ1) is 28.5. The van der Waals surface area contributed by atoms with Gasteiger partial charge in [0.1, 0.15) is 17.1 Å². The van der Waals surface area contributed by atoms with Crippen LogP contribution in [0.1, 0.15) is 69.4 Å². The van der Waals surface area contributed by atoms with Crippen LogP contribution in [-0.4, -0.2) is 6.71 Å². The molecule has 0 spiro atoms. The van der Waals surface area contributed by atoms with Gasteiger partial charge >= 0.3 is 0 Å². The highest BCUT2D eigenvalue weighted by molar-refractivity contribution is 7.00. The Labute approximate surface area is 278 Å². The Hall–Kier alpha value is -4.70. The highest BCUT2D eigenvalue weighted by atomic mass is 16.5. The summed E-state index contributed by atoms with van der Waals surface area (Å²) in [6.45, 7) is 15.8. The number of ether oxygens (including phenoxy) is 1. The van der Waals surface area contributed by atoms with Crippen LogP contribution < -0.4 is 26.0 Å². The van der Waals surface area contributed by atoms with E-state index in [0.717, 1.165) is 52.7 Å². The minimum atomic E-state index is -0.0861. The van der Waals surface area contributed by atoms with Crippen LogP contribution >= 0.6 is 0 Å². The van der Waals surface area contributed by atoms with Crippen LogP contribution in [0.2, 0.25) is 0 Å². The maximum absolute atomic E-state index is 7.28. The zero-order valence-electron chi connectivity index (χ0n) is 28.4. The second-order valence-electron chi connectivity index (χ2n) is 15.8. The van der Waals surface area contributed by atoms with Gasteiger partial charge in [-0.2, -0.15) is 0 Å². The lowest BCUT2D eigenvalue weighted by molar-refractivity contribution is 0.485. The topological polar surface area (TPSA) is 25.6 Å². The van der Waals surface area contributed by atoms with E-state index in [1.54, 1.807) is 0 Å². The summed E-state index contributed by atoms with van der Waals surface area (Å²) in [6.07, 6.45) is 2.23. The van der Waals surface area contributed by atoms with Crippen molar-refractivity contribution in [2.24, 2.45) is 0 Å². The minimum absolute atomic E-state index is 0.00328. The molecular formula is C43H40BNO2. The number of aryl methyl sites for hydroxylation is 3. The van der Waals surface area contributed by atoms with E-state index < -0.39 is 0 Å². The van der Waals surface area contributed by atoms with Crippen molar-refractivity contribution in [2.45, 2.75) is 72.1 Å². The van der Waals surface area contributed by atoms with Crippen molar-refractivity contribution in [1.29, 1.82) is 0 Å². The van der Waals surface area contributed by atoms with E-state index in [0.29, 0.717) is 0 Å². The lowest BCUT2D eigenvalue weighted by Gasteiger charge is -2.39. The first-order chi connectivity index (χ1) is 22.5. The Kier molecular flexibility index (Phi) is 5.87. The van der Waals surface area contributed by atoms with E-state index in [2.05, 4.69) is 144 Å². The molecule has 0 amide bonds. The van der Waals surface area contributed by atoms with Crippen molar-refractivity contribution in [3.8, 4) is 22.6 Å². The lowest BCUT2D eigenvalue weighted by Crippen LogP contribution is -2.59. The van der Waals surface area contributed by atoms with E-state index in [1.165, 1.54) is 55.2 Å². The fraction of sp³-hybridized carbons (Fsp3) is 0.256. The van der Waals surface area contributed by atoms with Crippen molar-refractivity contribution in [3.63, 3.8) is 0 Å². The molecule has 3 nitrogen and oxygen atoms in total. The van der Waals surface area contributed by atoms with Crippen molar-refractivity contribution >= 4 is 51.3 Å². The van der Waals surface area contributed by atoms with Crippen LogP contribution in [0.5, 0.6) is 11.5 Å². The van der Waals surface area contributed by atoms with Crippen molar-refractivity contribution < 1.29 is 9.15 Å². The van der Waals surface area contributed by atoms with Gasteiger partial charge in [-0.25, -0.2) is 0 Å². The van der Waals surface area contributed by atoms with Gasteiger partial charge in [-0.15, -0.1) is 0 Å². The zero-order valence-corrected chi connectivity index (χ0v) is 28.4. The lowest BCUT2D eigenvalue weighted by atomic mass is 9.34. The number of fused-ring (bicyclic) bond motifs is 7. The van der Waals surface area contributed by atoms with Gasteiger partial charge in [0, 0.05) is 27.7 Å². The molecule has 0 fully saturated rings. The molecule has 0 saturated heterocycles. The molecule has 47 heavy (non-hydrogen) atoms. The summed E-state index contributed by atoms with van der Waals surface area (Å²) in [5.41, 5.74) is 15.8. The Morgan fingerprint density at radius 2 is 1.45 bits per heavy atom. The molecule has 232 valence electrons. The third kappa shape index (κ3) is 4.20. The van der Waals surface area contributed by atoms with E-state index in [1.807, 2.05) is 0 Å². The van der Waals surface area contributed by atoms with Crippen molar-refractivity contribution in [3.05, 3.63) is 119 Å². The van der Waals surface area contributed by atoms with Crippen LogP contribution in [0.25, 0.3) is 22.1 Å². The van der Waals surface area contributed by atoms with Gasteiger partial charge in [0.25, 0.3) is 6.71 Å². The van der Waals surface area contributed by atoms with Gasteiger partial charge < -0.3 is 9.15 Å². The molecule has 0 atom stereocenters. The first-order valence-corrected chi connectivity index (χ1v) is 17.0. The third-order valence-corrected chi connectivity index (χ3v) is 10.5. The number of rotatable bonds is 2. The van der Waals surface area contributed by atoms with Gasteiger partial charge in [-0.05, 0) is 99.7 Å². The number of anilines is 3. The van der Waals surface area contributed by atoms with Crippen LogP contribution in [-0.2, 0) is 23.7 Å². The van der Waals surface area contributed by atoms with E-state index in [-0.39, 0.29) is 17.5 Å². The summed E-state index contributed by atoms with van der Waals surface area (Å²) >= 11 is 0. The summed E-state index contributed by atoms with van der Waals surface area (Å²) < 4.78 is 14.1. The molecule has 2 aliphatic heterocycles. The summed E-state index contributed by atoms with van der Waals surface area (Å²) in [6, 6.07) is 33.7. The monoisotopic (exact) mass is 613 g/mol. The summed E-state index contributed by atoms with van der Waals surface area (Å²) in [5, 5.41) is 1.18. The fourth-order valence-electron chi connectivity index (χ4n) is 7.99. The SMILES string of the molecule is Cc1cc2c3c(c1)N(c1cc4c(cc1-c1ccccc1)CC4)c1oc4c(C(C)(C)C)cccc4c1B3c1cc(C(C)(C)C)ccc1O2. The normalized spacial score (nSPS) is 14.6. The Balaban J connectivity index is 1.42. The number of para-hydroxylation sites is 1. The maximum Gasteiger partial charge on any atom is 0.261 e. The highest BCUT2D eigenvalue weighted by Crippen LogP contribution is 2.49. The molecule has 0 radical (unpaired) electrons.